The molecule has 0 N–H and O–H groups in total. The van der Waals surface area contributed by atoms with E-state index in [1.54, 1.807) is 6.20 Å². The maximum absolute atomic E-state index is 13.3. The van der Waals surface area contributed by atoms with Crippen LogP contribution in [0.2, 0.25) is 0 Å². The van der Waals surface area contributed by atoms with E-state index in [1.807, 2.05) is 53.4 Å². The number of hydrogen-bond donors (Lipinski definition) is 0. The Morgan fingerprint density at radius 1 is 0.865 bits per heavy atom. The predicted molar refractivity (Wildman–Crippen MR) is 144 cm³/mol. The Hall–Kier alpha value is -4.26. The minimum atomic E-state index is 0.0446. The van der Waals surface area contributed by atoms with Crippen LogP contribution in [0.25, 0.3) is 28.4 Å². The first-order valence-corrected chi connectivity index (χ1v) is 12.9. The number of rotatable bonds is 5. The summed E-state index contributed by atoms with van der Waals surface area (Å²) in [7, 11) is 0. The Morgan fingerprint density at radius 3 is 2.30 bits per heavy atom. The molecule has 2 aliphatic rings. The van der Waals surface area contributed by atoms with E-state index in [2.05, 4.69) is 50.4 Å². The number of hydrogen-bond acceptors (Lipinski definition) is 6. The number of anilines is 1. The lowest BCUT2D eigenvalue weighted by Crippen LogP contribution is -2.44. The van der Waals surface area contributed by atoms with Gasteiger partial charge < -0.3 is 14.3 Å². The molecule has 186 valence electrons. The van der Waals surface area contributed by atoms with Crippen LogP contribution in [0.1, 0.15) is 24.8 Å². The SMILES string of the molecule is O=C(C1CCN(c2ncccc2-c2nc(-c3ccccc3)no2)CC1)N1CC=C(c2ccccc2)CC1. The summed E-state index contributed by atoms with van der Waals surface area (Å²) in [6.45, 7) is 3.00. The molecule has 0 atom stereocenters. The third-order valence-electron chi connectivity index (χ3n) is 7.28. The molecule has 7 heteroatoms. The van der Waals surface area contributed by atoms with Gasteiger partial charge in [0.15, 0.2) is 0 Å². The Balaban J connectivity index is 1.11. The number of benzene rings is 2. The van der Waals surface area contributed by atoms with E-state index in [4.69, 9.17) is 4.52 Å². The first-order chi connectivity index (χ1) is 18.3. The number of pyridine rings is 1. The monoisotopic (exact) mass is 491 g/mol. The molecule has 4 heterocycles. The van der Waals surface area contributed by atoms with Crippen molar-refractivity contribution in [3.63, 3.8) is 0 Å². The van der Waals surface area contributed by atoms with Gasteiger partial charge in [-0.25, -0.2) is 4.98 Å². The Kier molecular flexibility index (Phi) is 6.50. The van der Waals surface area contributed by atoms with Gasteiger partial charge in [0.2, 0.25) is 11.7 Å². The van der Waals surface area contributed by atoms with Crippen LogP contribution >= 0.6 is 0 Å². The number of aromatic nitrogens is 3. The maximum Gasteiger partial charge on any atom is 0.261 e. The van der Waals surface area contributed by atoms with Gasteiger partial charge in [-0.05, 0) is 42.5 Å². The third kappa shape index (κ3) is 4.89. The second-order valence-corrected chi connectivity index (χ2v) is 9.55. The molecule has 0 spiro atoms. The summed E-state index contributed by atoms with van der Waals surface area (Å²) in [5, 5.41) is 4.17. The largest absolute Gasteiger partial charge is 0.356 e. The van der Waals surface area contributed by atoms with Crippen molar-refractivity contribution in [2.75, 3.05) is 31.1 Å². The third-order valence-corrected chi connectivity index (χ3v) is 7.28. The molecule has 2 aromatic heterocycles. The lowest BCUT2D eigenvalue weighted by molar-refractivity contribution is -0.135. The number of amides is 1. The van der Waals surface area contributed by atoms with E-state index in [0.29, 0.717) is 18.3 Å². The van der Waals surface area contributed by atoms with E-state index >= 15 is 0 Å². The van der Waals surface area contributed by atoms with Gasteiger partial charge in [0.1, 0.15) is 5.82 Å². The molecule has 4 aromatic rings. The van der Waals surface area contributed by atoms with E-state index in [-0.39, 0.29) is 11.8 Å². The topological polar surface area (TPSA) is 75.4 Å². The van der Waals surface area contributed by atoms with Crippen LogP contribution < -0.4 is 4.90 Å². The summed E-state index contributed by atoms with van der Waals surface area (Å²) in [6, 6.07) is 24.1. The quantitative estimate of drug-likeness (QED) is 0.376. The van der Waals surface area contributed by atoms with Crippen LogP contribution in [0.15, 0.2) is 89.6 Å². The first-order valence-electron chi connectivity index (χ1n) is 12.9. The highest BCUT2D eigenvalue weighted by Gasteiger charge is 2.31. The molecule has 1 saturated heterocycles. The highest BCUT2D eigenvalue weighted by Crippen LogP contribution is 2.32. The van der Waals surface area contributed by atoms with Crippen LogP contribution in [-0.2, 0) is 4.79 Å². The number of carbonyl (C=O) groups is 1. The van der Waals surface area contributed by atoms with Gasteiger partial charge in [0.25, 0.3) is 5.89 Å². The van der Waals surface area contributed by atoms with Crippen molar-refractivity contribution in [2.45, 2.75) is 19.3 Å². The molecule has 0 aliphatic carbocycles. The van der Waals surface area contributed by atoms with E-state index in [9.17, 15) is 4.79 Å². The van der Waals surface area contributed by atoms with Crippen molar-refractivity contribution in [3.05, 3.63) is 90.6 Å². The Labute approximate surface area is 216 Å². The average Bonchev–Trinajstić information content (AvgIpc) is 3.48. The van der Waals surface area contributed by atoms with Gasteiger partial charge in [-0.15, -0.1) is 0 Å². The van der Waals surface area contributed by atoms with Gasteiger partial charge in [0, 0.05) is 43.9 Å². The van der Waals surface area contributed by atoms with Gasteiger partial charge >= 0.3 is 0 Å². The molecular formula is C30H29N5O2. The lowest BCUT2D eigenvalue weighted by Gasteiger charge is -2.36. The summed E-state index contributed by atoms with van der Waals surface area (Å²) in [6.07, 6.45) is 6.51. The fourth-order valence-corrected chi connectivity index (χ4v) is 5.23. The molecule has 0 radical (unpaired) electrons. The van der Waals surface area contributed by atoms with Crippen LogP contribution in [0.4, 0.5) is 5.82 Å². The molecule has 1 fully saturated rings. The molecule has 7 nitrogen and oxygen atoms in total. The van der Waals surface area contributed by atoms with E-state index in [0.717, 1.165) is 55.8 Å². The van der Waals surface area contributed by atoms with Crippen molar-refractivity contribution in [1.82, 2.24) is 20.0 Å². The number of piperidine rings is 1. The molecule has 37 heavy (non-hydrogen) atoms. The zero-order valence-corrected chi connectivity index (χ0v) is 20.7. The van der Waals surface area contributed by atoms with Gasteiger partial charge in [-0.1, -0.05) is 71.9 Å². The van der Waals surface area contributed by atoms with Crippen LogP contribution in [0.5, 0.6) is 0 Å². The van der Waals surface area contributed by atoms with Gasteiger partial charge in [-0.2, -0.15) is 4.98 Å². The molecular weight excluding hydrogens is 462 g/mol. The highest BCUT2D eigenvalue weighted by atomic mass is 16.5. The Bertz CT molecular complexity index is 1390. The van der Waals surface area contributed by atoms with Crippen LogP contribution in [-0.4, -0.2) is 52.1 Å². The smallest absolute Gasteiger partial charge is 0.261 e. The number of carbonyl (C=O) groups excluding carboxylic acids is 1. The first kappa shape index (κ1) is 23.2. The van der Waals surface area contributed by atoms with Crippen molar-refractivity contribution in [3.8, 4) is 22.8 Å². The normalized spacial score (nSPS) is 16.5. The molecule has 0 saturated carbocycles. The second kappa shape index (κ2) is 10.4. The number of nitrogens with zero attached hydrogens (tertiary/aromatic N) is 5. The highest BCUT2D eigenvalue weighted by molar-refractivity contribution is 5.81. The predicted octanol–water partition coefficient (Wildman–Crippen LogP) is 5.33. The summed E-state index contributed by atoms with van der Waals surface area (Å²) < 4.78 is 5.62. The molecule has 0 unspecified atom stereocenters. The summed E-state index contributed by atoms with van der Waals surface area (Å²) in [5.74, 6) is 2.15. The van der Waals surface area contributed by atoms with Crippen LogP contribution in [0, 0.1) is 5.92 Å². The molecule has 2 aromatic carbocycles. The summed E-state index contributed by atoms with van der Waals surface area (Å²) in [5.41, 5.74) is 4.31. The fourth-order valence-electron chi connectivity index (χ4n) is 5.23. The summed E-state index contributed by atoms with van der Waals surface area (Å²) in [4.78, 5) is 26.8. The van der Waals surface area contributed by atoms with Crippen molar-refractivity contribution in [1.29, 1.82) is 0 Å². The molecule has 0 bridgehead atoms. The Morgan fingerprint density at radius 2 is 1.59 bits per heavy atom. The zero-order valence-electron chi connectivity index (χ0n) is 20.7. The molecule has 6 rings (SSSR count). The zero-order chi connectivity index (χ0) is 25.0. The average molecular weight is 492 g/mol. The fraction of sp³-hybridized carbons (Fsp3) is 0.267. The van der Waals surface area contributed by atoms with E-state index in [1.165, 1.54) is 11.1 Å². The van der Waals surface area contributed by atoms with Crippen molar-refractivity contribution in [2.24, 2.45) is 5.92 Å². The van der Waals surface area contributed by atoms with E-state index < -0.39 is 0 Å². The van der Waals surface area contributed by atoms with Crippen LogP contribution in [0.3, 0.4) is 0 Å². The maximum atomic E-state index is 13.3. The van der Waals surface area contributed by atoms with Gasteiger partial charge in [0.05, 0.1) is 5.56 Å². The summed E-state index contributed by atoms with van der Waals surface area (Å²) >= 11 is 0. The van der Waals surface area contributed by atoms with Crippen molar-refractivity contribution >= 4 is 17.3 Å². The van der Waals surface area contributed by atoms with Gasteiger partial charge in [-0.3, -0.25) is 4.79 Å². The standard InChI is InChI=1S/C30H29N5O2/c36-30(35-20-13-23(14-21-35)22-8-3-1-4-9-22)25-15-18-34(19-16-25)28-26(12-7-17-31-28)29-32-27(33-37-29)24-10-5-2-6-11-24/h1-13,17,25H,14-16,18-21H2. The van der Waals surface area contributed by atoms with Crippen molar-refractivity contribution < 1.29 is 9.32 Å². The lowest BCUT2D eigenvalue weighted by atomic mass is 9.93. The minimum absolute atomic E-state index is 0.0446. The molecule has 2 aliphatic heterocycles. The minimum Gasteiger partial charge on any atom is -0.356 e. The second-order valence-electron chi connectivity index (χ2n) is 9.55. The molecule has 1 amide bonds.